The highest BCUT2D eigenvalue weighted by atomic mass is 35.5. The van der Waals surface area contributed by atoms with E-state index in [1.807, 2.05) is 6.07 Å². The van der Waals surface area contributed by atoms with E-state index in [0.29, 0.717) is 6.04 Å². The first kappa shape index (κ1) is 16.9. The number of thiophene rings is 1. The summed E-state index contributed by atoms with van der Waals surface area (Å²) in [5.41, 5.74) is 6.23. The molecule has 0 spiro atoms. The summed E-state index contributed by atoms with van der Waals surface area (Å²) in [4.78, 5) is 5.94. The van der Waals surface area contributed by atoms with Crippen molar-refractivity contribution in [2.75, 3.05) is 27.2 Å². The van der Waals surface area contributed by atoms with Gasteiger partial charge in [-0.15, -0.1) is 11.3 Å². The van der Waals surface area contributed by atoms with Crippen molar-refractivity contribution in [1.29, 1.82) is 0 Å². The van der Waals surface area contributed by atoms with Gasteiger partial charge < -0.3 is 10.6 Å². The Balaban J connectivity index is 2.95. The Morgan fingerprint density at radius 2 is 1.95 bits per heavy atom. The predicted molar refractivity (Wildman–Crippen MR) is 86.1 cm³/mol. The van der Waals surface area contributed by atoms with Crippen molar-refractivity contribution in [3.05, 3.63) is 21.3 Å². The van der Waals surface area contributed by atoms with Gasteiger partial charge in [0, 0.05) is 23.5 Å². The zero-order valence-corrected chi connectivity index (χ0v) is 14.1. The first-order chi connectivity index (χ1) is 8.86. The standard InChI is InChI=1S/C14H26ClN3S/c1-6-18(10(2)9-17(4)5)14(11(3)16)12-7-8-13(15)19-12/h7-8,10-11,14H,6,9,16H2,1-5H3. The Bertz CT molecular complexity index is 379. The summed E-state index contributed by atoms with van der Waals surface area (Å²) in [7, 11) is 4.21. The second kappa shape index (κ2) is 7.60. The number of halogens is 1. The van der Waals surface area contributed by atoms with Crippen molar-refractivity contribution < 1.29 is 0 Å². The molecule has 0 bridgehead atoms. The number of likely N-dealkylation sites (N-methyl/N-ethyl adjacent to an activating group) is 2. The van der Waals surface area contributed by atoms with Crippen LogP contribution < -0.4 is 5.73 Å². The van der Waals surface area contributed by atoms with E-state index in [1.165, 1.54) is 4.88 Å². The molecule has 0 aromatic carbocycles. The van der Waals surface area contributed by atoms with Gasteiger partial charge in [0.2, 0.25) is 0 Å². The topological polar surface area (TPSA) is 32.5 Å². The van der Waals surface area contributed by atoms with Crippen LogP contribution in [0.4, 0.5) is 0 Å². The van der Waals surface area contributed by atoms with Gasteiger partial charge >= 0.3 is 0 Å². The maximum Gasteiger partial charge on any atom is 0.0931 e. The third-order valence-corrected chi connectivity index (χ3v) is 4.60. The van der Waals surface area contributed by atoms with Gasteiger partial charge in [0.05, 0.1) is 10.4 Å². The Labute approximate surface area is 126 Å². The maximum atomic E-state index is 6.23. The molecule has 0 radical (unpaired) electrons. The molecule has 2 N–H and O–H groups in total. The molecular weight excluding hydrogens is 278 g/mol. The van der Waals surface area contributed by atoms with Crippen molar-refractivity contribution in [2.24, 2.45) is 5.73 Å². The zero-order valence-electron chi connectivity index (χ0n) is 12.6. The lowest BCUT2D eigenvalue weighted by molar-refractivity contribution is 0.116. The van der Waals surface area contributed by atoms with Crippen LogP contribution in [0, 0.1) is 0 Å². The average Bonchev–Trinajstić information content (AvgIpc) is 2.70. The zero-order chi connectivity index (χ0) is 14.6. The summed E-state index contributed by atoms with van der Waals surface area (Å²) in [5.74, 6) is 0. The lowest BCUT2D eigenvalue weighted by Crippen LogP contribution is -2.47. The minimum atomic E-state index is 0.0827. The summed E-state index contributed by atoms with van der Waals surface area (Å²) in [6.07, 6.45) is 0. The smallest absolute Gasteiger partial charge is 0.0931 e. The van der Waals surface area contributed by atoms with E-state index in [9.17, 15) is 0 Å². The fourth-order valence-corrected chi connectivity index (χ4v) is 3.93. The van der Waals surface area contributed by atoms with Gasteiger partial charge in [0.15, 0.2) is 0 Å². The monoisotopic (exact) mass is 303 g/mol. The second-order valence-corrected chi connectivity index (χ2v) is 7.13. The number of rotatable bonds is 7. The molecule has 1 heterocycles. The molecule has 19 heavy (non-hydrogen) atoms. The van der Waals surface area contributed by atoms with Gasteiger partial charge in [-0.1, -0.05) is 18.5 Å². The molecule has 1 aromatic heterocycles. The summed E-state index contributed by atoms with van der Waals surface area (Å²) in [6.45, 7) is 8.53. The third kappa shape index (κ3) is 4.72. The van der Waals surface area contributed by atoms with Crippen LogP contribution in [-0.2, 0) is 0 Å². The first-order valence-electron chi connectivity index (χ1n) is 6.78. The molecule has 0 amide bonds. The highest BCUT2D eigenvalue weighted by Gasteiger charge is 2.28. The Morgan fingerprint density at radius 1 is 1.32 bits per heavy atom. The molecule has 0 saturated carbocycles. The van der Waals surface area contributed by atoms with Crippen molar-refractivity contribution in [3.8, 4) is 0 Å². The fourth-order valence-electron chi connectivity index (χ4n) is 2.63. The van der Waals surface area contributed by atoms with Gasteiger partial charge in [-0.05, 0) is 46.6 Å². The van der Waals surface area contributed by atoms with Crippen molar-refractivity contribution in [3.63, 3.8) is 0 Å². The molecule has 1 aromatic rings. The van der Waals surface area contributed by atoms with Gasteiger partial charge in [-0.2, -0.15) is 0 Å². The highest BCUT2D eigenvalue weighted by molar-refractivity contribution is 7.16. The Hall–Kier alpha value is -0.130. The van der Waals surface area contributed by atoms with E-state index in [0.717, 1.165) is 17.4 Å². The van der Waals surface area contributed by atoms with E-state index >= 15 is 0 Å². The van der Waals surface area contributed by atoms with E-state index in [2.05, 4.69) is 50.7 Å². The second-order valence-electron chi connectivity index (χ2n) is 5.39. The van der Waals surface area contributed by atoms with Crippen LogP contribution in [0.25, 0.3) is 0 Å². The molecule has 1 rings (SSSR count). The summed E-state index contributed by atoms with van der Waals surface area (Å²) in [6, 6.07) is 4.83. The maximum absolute atomic E-state index is 6.23. The van der Waals surface area contributed by atoms with Crippen LogP contribution in [0.1, 0.15) is 31.7 Å². The molecule has 0 aliphatic heterocycles. The Kier molecular flexibility index (Phi) is 6.77. The van der Waals surface area contributed by atoms with E-state index in [-0.39, 0.29) is 12.1 Å². The number of hydrogen-bond acceptors (Lipinski definition) is 4. The molecule has 3 atom stereocenters. The molecule has 5 heteroatoms. The van der Waals surface area contributed by atoms with Crippen molar-refractivity contribution >= 4 is 22.9 Å². The predicted octanol–water partition coefficient (Wildman–Crippen LogP) is 3.06. The quantitative estimate of drug-likeness (QED) is 0.840. The molecule has 110 valence electrons. The van der Waals surface area contributed by atoms with Crippen LogP contribution in [0.15, 0.2) is 12.1 Å². The van der Waals surface area contributed by atoms with Crippen LogP contribution in [-0.4, -0.2) is 49.1 Å². The fraction of sp³-hybridized carbons (Fsp3) is 0.714. The molecule has 0 aliphatic rings. The third-order valence-electron chi connectivity index (χ3n) is 3.30. The van der Waals surface area contributed by atoms with Gasteiger partial charge in [-0.25, -0.2) is 0 Å². The van der Waals surface area contributed by atoms with Crippen LogP contribution in [0.3, 0.4) is 0 Å². The normalized spacial score (nSPS) is 16.9. The minimum Gasteiger partial charge on any atom is -0.326 e. The van der Waals surface area contributed by atoms with Crippen molar-refractivity contribution in [2.45, 2.75) is 38.9 Å². The minimum absolute atomic E-state index is 0.0827. The lowest BCUT2D eigenvalue weighted by atomic mass is 10.0. The summed E-state index contributed by atoms with van der Waals surface area (Å²) in [5, 5.41) is 0. The average molecular weight is 304 g/mol. The van der Waals surface area contributed by atoms with Crippen LogP contribution in [0.2, 0.25) is 4.34 Å². The molecule has 3 nitrogen and oxygen atoms in total. The molecular formula is C14H26ClN3S. The molecule has 0 saturated heterocycles. The highest BCUT2D eigenvalue weighted by Crippen LogP contribution is 2.33. The SMILES string of the molecule is CCN(C(C)CN(C)C)C(c1ccc(Cl)s1)C(C)N. The molecule has 0 fully saturated rings. The number of hydrogen-bond donors (Lipinski definition) is 1. The van der Waals surface area contributed by atoms with E-state index in [1.54, 1.807) is 11.3 Å². The van der Waals surface area contributed by atoms with Crippen LogP contribution in [0.5, 0.6) is 0 Å². The van der Waals surface area contributed by atoms with E-state index < -0.39 is 0 Å². The van der Waals surface area contributed by atoms with E-state index in [4.69, 9.17) is 17.3 Å². The largest absolute Gasteiger partial charge is 0.326 e. The van der Waals surface area contributed by atoms with Gasteiger partial charge in [-0.3, -0.25) is 4.90 Å². The summed E-state index contributed by atoms with van der Waals surface area (Å²) < 4.78 is 0.831. The van der Waals surface area contributed by atoms with Gasteiger partial charge in [0.25, 0.3) is 0 Å². The first-order valence-corrected chi connectivity index (χ1v) is 7.97. The molecule has 3 unspecified atom stereocenters. The number of nitrogens with two attached hydrogens (primary N) is 1. The molecule has 0 aliphatic carbocycles. The summed E-state index contributed by atoms with van der Waals surface area (Å²) >= 11 is 7.71. The lowest BCUT2D eigenvalue weighted by Gasteiger charge is -2.38. The Morgan fingerprint density at radius 3 is 2.32 bits per heavy atom. The number of nitrogens with zero attached hydrogens (tertiary/aromatic N) is 2. The van der Waals surface area contributed by atoms with Crippen LogP contribution >= 0.6 is 22.9 Å². The van der Waals surface area contributed by atoms with Crippen molar-refractivity contribution in [1.82, 2.24) is 9.80 Å². The van der Waals surface area contributed by atoms with Gasteiger partial charge in [0.1, 0.15) is 0 Å².